The predicted molar refractivity (Wildman–Crippen MR) is 65.5 cm³/mol. The second kappa shape index (κ2) is 5.55. The van der Waals surface area contributed by atoms with Crippen LogP contribution in [0.4, 0.5) is 4.79 Å². The molecule has 0 atom stereocenters. The van der Waals surface area contributed by atoms with Gasteiger partial charge in [0.1, 0.15) is 0 Å². The molecule has 1 heterocycles. The van der Waals surface area contributed by atoms with E-state index >= 15 is 0 Å². The van der Waals surface area contributed by atoms with Crippen molar-refractivity contribution in [1.29, 1.82) is 0 Å². The molecule has 2 rings (SSSR count). The van der Waals surface area contributed by atoms with E-state index in [0.717, 1.165) is 26.1 Å². The van der Waals surface area contributed by atoms with Gasteiger partial charge in [0.25, 0.3) is 0 Å². The minimum absolute atomic E-state index is 0.311. The smallest absolute Gasteiger partial charge is 0.320 e. The molecule has 1 aliphatic carbocycles. The molecule has 92 valence electrons. The van der Waals surface area contributed by atoms with E-state index in [1.807, 2.05) is 0 Å². The van der Waals surface area contributed by atoms with Crippen molar-refractivity contribution in [2.45, 2.75) is 57.9 Å². The lowest BCUT2D eigenvalue weighted by Gasteiger charge is -2.29. The van der Waals surface area contributed by atoms with Crippen molar-refractivity contribution in [2.24, 2.45) is 0 Å². The second-order valence-electron chi connectivity index (χ2n) is 5.11. The van der Waals surface area contributed by atoms with E-state index in [2.05, 4.69) is 16.7 Å². The molecule has 3 heteroatoms. The maximum Gasteiger partial charge on any atom is 0.320 e. The average Bonchev–Trinajstić information content (AvgIpc) is 3.10. The summed E-state index contributed by atoms with van der Waals surface area (Å²) in [5.41, 5.74) is 0. The molecule has 0 N–H and O–H groups in total. The van der Waals surface area contributed by atoms with E-state index in [9.17, 15) is 4.79 Å². The van der Waals surface area contributed by atoms with Crippen LogP contribution in [0.1, 0.15) is 51.9 Å². The van der Waals surface area contributed by atoms with E-state index in [1.54, 1.807) is 0 Å². The molecule has 0 aromatic heterocycles. The standard InChI is InChI=1S/C13H24N2O/c1-2-9-15(12-7-8-12)13(16)14-10-5-3-4-6-11-14/h12H,2-11H2,1H3. The molecule has 1 saturated carbocycles. The van der Waals surface area contributed by atoms with Gasteiger partial charge in [0.2, 0.25) is 0 Å². The van der Waals surface area contributed by atoms with E-state index < -0.39 is 0 Å². The van der Waals surface area contributed by atoms with E-state index in [1.165, 1.54) is 38.5 Å². The molecule has 0 unspecified atom stereocenters. The summed E-state index contributed by atoms with van der Waals surface area (Å²) in [7, 11) is 0. The number of nitrogens with zero attached hydrogens (tertiary/aromatic N) is 2. The molecular formula is C13H24N2O. The Labute approximate surface area is 98.8 Å². The van der Waals surface area contributed by atoms with Crippen molar-refractivity contribution < 1.29 is 4.79 Å². The number of hydrogen-bond acceptors (Lipinski definition) is 1. The fourth-order valence-corrected chi connectivity index (χ4v) is 2.51. The van der Waals surface area contributed by atoms with Gasteiger partial charge in [-0.15, -0.1) is 0 Å². The number of urea groups is 1. The molecule has 1 saturated heterocycles. The van der Waals surface area contributed by atoms with Gasteiger partial charge in [0, 0.05) is 25.7 Å². The molecule has 3 nitrogen and oxygen atoms in total. The summed E-state index contributed by atoms with van der Waals surface area (Å²) >= 11 is 0. The lowest BCUT2D eigenvalue weighted by molar-refractivity contribution is 0.151. The summed E-state index contributed by atoms with van der Waals surface area (Å²) in [6, 6.07) is 0.877. The van der Waals surface area contributed by atoms with Crippen LogP contribution in [-0.2, 0) is 0 Å². The molecule has 2 amide bonds. The first-order valence-corrected chi connectivity index (χ1v) is 6.88. The van der Waals surface area contributed by atoms with Gasteiger partial charge in [0.15, 0.2) is 0 Å². The predicted octanol–water partition coefficient (Wildman–Crippen LogP) is 2.86. The van der Waals surface area contributed by atoms with Crippen molar-refractivity contribution in [2.75, 3.05) is 19.6 Å². The zero-order chi connectivity index (χ0) is 11.4. The third-order valence-electron chi connectivity index (χ3n) is 3.57. The highest BCUT2D eigenvalue weighted by molar-refractivity contribution is 5.75. The van der Waals surface area contributed by atoms with Gasteiger partial charge in [-0.1, -0.05) is 19.8 Å². The Balaban J connectivity index is 1.91. The van der Waals surface area contributed by atoms with Crippen molar-refractivity contribution in [3.8, 4) is 0 Å². The first-order chi connectivity index (χ1) is 7.83. The van der Waals surface area contributed by atoms with Crippen LogP contribution in [-0.4, -0.2) is 41.5 Å². The van der Waals surface area contributed by atoms with Crippen LogP contribution in [0.3, 0.4) is 0 Å². The minimum atomic E-state index is 0.311. The molecule has 0 bridgehead atoms. The zero-order valence-electron chi connectivity index (χ0n) is 10.5. The molecule has 0 aromatic carbocycles. The minimum Gasteiger partial charge on any atom is -0.325 e. The second-order valence-corrected chi connectivity index (χ2v) is 5.11. The Morgan fingerprint density at radius 3 is 2.31 bits per heavy atom. The molecule has 0 spiro atoms. The lowest BCUT2D eigenvalue weighted by atomic mass is 10.2. The Morgan fingerprint density at radius 1 is 1.19 bits per heavy atom. The summed E-state index contributed by atoms with van der Waals surface area (Å²) in [4.78, 5) is 16.6. The van der Waals surface area contributed by atoms with Crippen LogP contribution in [0, 0.1) is 0 Å². The largest absolute Gasteiger partial charge is 0.325 e. The number of rotatable bonds is 3. The van der Waals surface area contributed by atoms with Crippen LogP contribution in [0.2, 0.25) is 0 Å². The maximum absolute atomic E-state index is 12.4. The lowest BCUT2D eigenvalue weighted by Crippen LogP contribution is -2.45. The fraction of sp³-hybridized carbons (Fsp3) is 0.923. The molecular weight excluding hydrogens is 200 g/mol. The van der Waals surface area contributed by atoms with Gasteiger partial charge in [-0.25, -0.2) is 4.79 Å². The summed E-state index contributed by atoms with van der Waals surface area (Å²) in [5.74, 6) is 0. The Kier molecular flexibility index (Phi) is 4.08. The first kappa shape index (κ1) is 11.7. The number of carbonyl (C=O) groups excluding carboxylic acids is 1. The highest BCUT2D eigenvalue weighted by atomic mass is 16.2. The topological polar surface area (TPSA) is 23.6 Å². The Hall–Kier alpha value is -0.730. The molecule has 1 aliphatic heterocycles. The highest BCUT2D eigenvalue weighted by Gasteiger charge is 2.34. The van der Waals surface area contributed by atoms with Gasteiger partial charge in [-0.2, -0.15) is 0 Å². The maximum atomic E-state index is 12.4. The van der Waals surface area contributed by atoms with Gasteiger partial charge < -0.3 is 9.80 Å². The number of amides is 2. The summed E-state index contributed by atoms with van der Waals surface area (Å²) in [6.07, 6.45) is 8.49. The number of hydrogen-bond donors (Lipinski definition) is 0. The van der Waals surface area contributed by atoms with Gasteiger partial charge in [-0.3, -0.25) is 0 Å². The number of likely N-dealkylation sites (tertiary alicyclic amines) is 1. The van der Waals surface area contributed by atoms with Crippen LogP contribution in [0.5, 0.6) is 0 Å². The highest BCUT2D eigenvalue weighted by Crippen LogP contribution is 2.28. The van der Waals surface area contributed by atoms with E-state index in [0.29, 0.717) is 12.1 Å². The SMILES string of the molecule is CCCN(C(=O)N1CCCCCC1)C1CC1. The van der Waals surface area contributed by atoms with E-state index in [4.69, 9.17) is 0 Å². The monoisotopic (exact) mass is 224 g/mol. The average molecular weight is 224 g/mol. The van der Waals surface area contributed by atoms with Crippen molar-refractivity contribution in [3.63, 3.8) is 0 Å². The molecule has 0 radical (unpaired) electrons. The third kappa shape index (κ3) is 2.89. The Bertz CT molecular complexity index is 230. The number of carbonyl (C=O) groups is 1. The quantitative estimate of drug-likeness (QED) is 0.723. The molecule has 16 heavy (non-hydrogen) atoms. The van der Waals surface area contributed by atoms with E-state index in [-0.39, 0.29) is 0 Å². The molecule has 0 aromatic rings. The Morgan fingerprint density at radius 2 is 1.81 bits per heavy atom. The van der Waals surface area contributed by atoms with Crippen molar-refractivity contribution >= 4 is 6.03 Å². The van der Waals surface area contributed by atoms with Crippen molar-refractivity contribution in [1.82, 2.24) is 9.80 Å². The third-order valence-corrected chi connectivity index (χ3v) is 3.57. The van der Waals surface area contributed by atoms with Crippen LogP contribution in [0.25, 0.3) is 0 Å². The molecule has 2 aliphatic rings. The summed E-state index contributed by atoms with van der Waals surface area (Å²) in [5, 5.41) is 0. The normalized spacial score (nSPS) is 21.7. The van der Waals surface area contributed by atoms with Crippen LogP contribution >= 0.6 is 0 Å². The zero-order valence-corrected chi connectivity index (χ0v) is 10.5. The van der Waals surface area contributed by atoms with Gasteiger partial charge >= 0.3 is 6.03 Å². The van der Waals surface area contributed by atoms with Crippen LogP contribution < -0.4 is 0 Å². The summed E-state index contributed by atoms with van der Waals surface area (Å²) in [6.45, 7) is 5.06. The first-order valence-electron chi connectivity index (χ1n) is 6.88. The van der Waals surface area contributed by atoms with Crippen LogP contribution in [0.15, 0.2) is 0 Å². The van der Waals surface area contributed by atoms with Crippen molar-refractivity contribution in [3.05, 3.63) is 0 Å². The fourth-order valence-electron chi connectivity index (χ4n) is 2.51. The van der Waals surface area contributed by atoms with Gasteiger partial charge in [0.05, 0.1) is 0 Å². The summed E-state index contributed by atoms with van der Waals surface area (Å²) < 4.78 is 0. The molecule has 2 fully saturated rings. The van der Waals surface area contributed by atoms with Gasteiger partial charge in [-0.05, 0) is 32.1 Å².